The third kappa shape index (κ3) is 3.09. The van der Waals surface area contributed by atoms with Crippen molar-refractivity contribution in [3.63, 3.8) is 0 Å². The van der Waals surface area contributed by atoms with E-state index in [4.69, 9.17) is 4.42 Å². The van der Waals surface area contributed by atoms with Crippen molar-refractivity contribution >= 4 is 53.6 Å². The fourth-order valence-corrected chi connectivity index (χ4v) is 3.22. The van der Waals surface area contributed by atoms with E-state index in [1.165, 1.54) is 0 Å². The number of hydrogen-bond donors (Lipinski definition) is 1. The highest BCUT2D eigenvalue weighted by molar-refractivity contribution is 9.13. The van der Waals surface area contributed by atoms with E-state index in [0.29, 0.717) is 16.3 Å². The Morgan fingerprint density at radius 1 is 1.15 bits per heavy atom. The molecule has 1 N–H and O–H groups in total. The molecule has 0 atom stereocenters. The molecule has 2 aromatic rings. The van der Waals surface area contributed by atoms with Crippen molar-refractivity contribution in [3.8, 4) is 11.6 Å². The number of nitrogens with one attached hydrogen (secondary N) is 1. The molecule has 0 aromatic carbocycles. The van der Waals surface area contributed by atoms with Gasteiger partial charge in [0, 0.05) is 18.5 Å². The monoisotopic (exact) mass is 465 g/mol. The molecule has 20 heavy (non-hydrogen) atoms. The Balaban J connectivity index is 2.66. The van der Waals surface area contributed by atoms with Crippen LogP contribution >= 0.6 is 47.8 Å². The molecule has 0 saturated carbocycles. The molecule has 0 radical (unpaired) electrons. The van der Waals surface area contributed by atoms with Gasteiger partial charge in [-0.15, -0.1) is 0 Å². The van der Waals surface area contributed by atoms with Gasteiger partial charge in [0.05, 0.1) is 14.6 Å². The summed E-state index contributed by atoms with van der Waals surface area (Å²) >= 11 is 10.3. The van der Waals surface area contributed by atoms with E-state index in [1.807, 2.05) is 13.1 Å². The standard InChI is InChI=1S/C13H14Br3N3O/c1-13(2,3)9-8(15)12(17-4)19-11(18-9)7-5-6(14)10(16)20-7/h5H,1-4H3,(H,17,18,19). The fourth-order valence-electron chi connectivity index (χ4n) is 1.68. The average Bonchev–Trinajstić information content (AvgIpc) is 2.68. The summed E-state index contributed by atoms with van der Waals surface area (Å²) in [5.41, 5.74) is 0.818. The van der Waals surface area contributed by atoms with Gasteiger partial charge >= 0.3 is 0 Å². The number of rotatable bonds is 2. The zero-order valence-electron chi connectivity index (χ0n) is 11.5. The summed E-state index contributed by atoms with van der Waals surface area (Å²) in [6.45, 7) is 6.33. The maximum absolute atomic E-state index is 5.61. The topological polar surface area (TPSA) is 51.0 Å². The number of halogens is 3. The highest BCUT2D eigenvalue weighted by atomic mass is 79.9. The van der Waals surface area contributed by atoms with Crippen LogP contribution in [0.5, 0.6) is 0 Å². The summed E-state index contributed by atoms with van der Waals surface area (Å²) in [5, 5.41) is 3.08. The second kappa shape index (κ2) is 5.77. The molecule has 0 fully saturated rings. The van der Waals surface area contributed by atoms with Crippen LogP contribution in [0.3, 0.4) is 0 Å². The number of hydrogen-bond acceptors (Lipinski definition) is 4. The van der Waals surface area contributed by atoms with Crippen LogP contribution in [-0.2, 0) is 5.41 Å². The van der Waals surface area contributed by atoms with Crippen molar-refractivity contribution < 1.29 is 4.42 Å². The van der Waals surface area contributed by atoms with Crippen molar-refractivity contribution in [1.29, 1.82) is 0 Å². The highest BCUT2D eigenvalue weighted by Gasteiger charge is 2.24. The maximum atomic E-state index is 5.61. The third-order valence-corrected chi connectivity index (χ3v) is 5.13. The Morgan fingerprint density at radius 2 is 1.80 bits per heavy atom. The second-order valence-corrected chi connectivity index (χ2v) is 7.66. The van der Waals surface area contributed by atoms with E-state index < -0.39 is 0 Å². The molecule has 108 valence electrons. The van der Waals surface area contributed by atoms with Gasteiger partial charge < -0.3 is 9.73 Å². The SMILES string of the molecule is CNc1nc(-c2cc(Br)c(Br)o2)nc(C(C)(C)C)c1Br. The van der Waals surface area contributed by atoms with E-state index in [1.54, 1.807) is 0 Å². The molecule has 0 unspecified atom stereocenters. The molecule has 2 heterocycles. The van der Waals surface area contributed by atoms with Gasteiger partial charge in [-0.2, -0.15) is 0 Å². The molecule has 4 nitrogen and oxygen atoms in total. The summed E-state index contributed by atoms with van der Waals surface area (Å²) in [6, 6.07) is 1.85. The van der Waals surface area contributed by atoms with E-state index >= 15 is 0 Å². The van der Waals surface area contributed by atoms with Gasteiger partial charge in [0.25, 0.3) is 0 Å². The van der Waals surface area contributed by atoms with E-state index in [-0.39, 0.29) is 5.41 Å². The first-order valence-corrected chi connectivity index (χ1v) is 8.33. The Labute approximate surface area is 143 Å². The lowest BCUT2D eigenvalue weighted by molar-refractivity contribution is 0.541. The van der Waals surface area contributed by atoms with Gasteiger partial charge in [-0.1, -0.05) is 20.8 Å². The van der Waals surface area contributed by atoms with Gasteiger partial charge in [-0.25, -0.2) is 9.97 Å². The molecule has 7 heteroatoms. The predicted octanol–water partition coefficient (Wildman–Crippen LogP) is 5.36. The van der Waals surface area contributed by atoms with Crippen LogP contribution in [0, 0.1) is 0 Å². The quantitative estimate of drug-likeness (QED) is 0.645. The number of furan rings is 1. The fraction of sp³-hybridized carbons (Fsp3) is 0.385. The molecule has 0 aliphatic heterocycles. The lowest BCUT2D eigenvalue weighted by atomic mass is 9.92. The van der Waals surface area contributed by atoms with Gasteiger partial charge in [0.15, 0.2) is 16.3 Å². The first-order valence-electron chi connectivity index (χ1n) is 5.95. The predicted molar refractivity (Wildman–Crippen MR) is 91.1 cm³/mol. The van der Waals surface area contributed by atoms with Gasteiger partial charge in [-0.05, 0) is 47.8 Å². The average molecular weight is 468 g/mol. The van der Waals surface area contributed by atoms with E-state index in [9.17, 15) is 0 Å². The van der Waals surface area contributed by atoms with Crippen LogP contribution in [0.15, 0.2) is 24.1 Å². The molecule has 2 rings (SSSR count). The Hall–Kier alpha value is -0.400. The van der Waals surface area contributed by atoms with Crippen LogP contribution < -0.4 is 5.32 Å². The van der Waals surface area contributed by atoms with Gasteiger partial charge in [0.1, 0.15) is 5.82 Å². The molecule has 0 spiro atoms. The van der Waals surface area contributed by atoms with Crippen LogP contribution in [0.1, 0.15) is 26.5 Å². The number of anilines is 1. The van der Waals surface area contributed by atoms with Crippen molar-refractivity contribution in [1.82, 2.24) is 9.97 Å². The zero-order chi connectivity index (χ0) is 15.1. The van der Waals surface area contributed by atoms with E-state index in [0.717, 1.165) is 20.5 Å². The smallest absolute Gasteiger partial charge is 0.198 e. The van der Waals surface area contributed by atoms with Crippen LogP contribution in [0.25, 0.3) is 11.6 Å². The minimum Gasteiger partial charge on any atom is -0.445 e. The van der Waals surface area contributed by atoms with Crippen molar-refractivity contribution in [2.24, 2.45) is 0 Å². The number of aromatic nitrogens is 2. The first-order chi connectivity index (χ1) is 9.24. The molecule has 2 aromatic heterocycles. The Bertz CT molecular complexity index is 628. The molecule has 0 aliphatic rings. The van der Waals surface area contributed by atoms with Crippen LogP contribution in [-0.4, -0.2) is 17.0 Å². The molecule has 0 saturated heterocycles. The third-order valence-electron chi connectivity index (χ3n) is 2.66. The largest absolute Gasteiger partial charge is 0.445 e. The van der Waals surface area contributed by atoms with Crippen molar-refractivity contribution in [2.75, 3.05) is 12.4 Å². The Kier molecular flexibility index (Phi) is 4.61. The van der Waals surface area contributed by atoms with Gasteiger partial charge in [-0.3, -0.25) is 0 Å². The summed E-state index contributed by atoms with van der Waals surface area (Å²) in [4.78, 5) is 9.13. The van der Waals surface area contributed by atoms with Crippen LogP contribution in [0.4, 0.5) is 5.82 Å². The molecule has 0 bridgehead atoms. The molecule has 0 aliphatic carbocycles. The second-order valence-electron chi connectivity index (χ2n) is 5.29. The summed E-state index contributed by atoms with van der Waals surface area (Å²) < 4.78 is 7.95. The molecule has 0 amide bonds. The highest BCUT2D eigenvalue weighted by Crippen LogP contribution is 2.36. The summed E-state index contributed by atoms with van der Waals surface area (Å²) in [5.74, 6) is 1.90. The summed E-state index contributed by atoms with van der Waals surface area (Å²) in [6.07, 6.45) is 0. The summed E-state index contributed by atoms with van der Waals surface area (Å²) in [7, 11) is 1.83. The lowest BCUT2D eigenvalue weighted by Gasteiger charge is -2.21. The Morgan fingerprint density at radius 3 is 2.25 bits per heavy atom. The maximum Gasteiger partial charge on any atom is 0.198 e. The van der Waals surface area contributed by atoms with E-state index in [2.05, 4.69) is 83.8 Å². The van der Waals surface area contributed by atoms with Gasteiger partial charge in [0.2, 0.25) is 0 Å². The molecular formula is C13H14Br3N3O. The van der Waals surface area contributed by atoms with Crippen molar-refractivity contribution in [2.45, 2.75) is 26.2 Å². The normalized spacial score (nSPS) is 11.8. The van der Waals surface area contributed by atoms with Crippen molar-refractivity contribution in [3.05, 3.63) is 25.4 Å². The lowest BCUT2D eigenvalue weighted by Crippen LogP contribution is -2.17. The minimum absolute atomic E-state index is 0.108. The molecular weight excluding hydrogens is 454 g/mol. The van der Waals surface area contributed by atoms with Crippen LogP contribution in [0.2, 0.25) is 0 Å². The minimum atomic E-state index is -0.108. The zero-order valence-corrected chi connectivity index (χ0v) is 16.3. The number of nitrogens with zero attached hydrogens (tertiary/aromatic N) is 2. The first kappa shape index (κ1) is 16.0.